The second kappa shape index (κ2) is 11.7. The van der Waals surface area contributed by atoms with Gasteiger partial charge in [0.05, 0.1) is 12.1 Å². The van der Waals surface area contributed by atoms with Crippen molar-refractivity contribution >= 4 is 51.7 Å². The van der Waals surface area contributed by atoms with Gasteiger partial charge in [0.2, 0.25) is 0 Å². The summed E-state index contributed by atoms with van der Waals surface area (Å²) < 4.78 is 7.70. The molecule has 0 aliphatic carbocycles. The first-order chi connectivity index (χ1) is 16.9. The van der Waals surface area contributed by atoms with Gasteiger partial charge in [-0.1, -0.05) is 72.9 Å². The Hall–Kier alpha value is -2.11. The number of carbonyl (C=O) groups is 1. The fraction of sp³-hybridized carbons (Fsp3) is 0.286. The molecule has 0 saturated carbocycles. The molecule has 3 aromatic carbocycles. The first kappa shape index (κ1) is 26.0. The van der Waals surface area contributed by atoms with Crippen LogP contribution in [-0.2, 0) is 16.0 Å². The molecule has 4 rings (SSSR count). The van der Waals surface area contributed by atoms with Crippen molar-refractivity contribution in [1.29, 1.82) is 5.26 Å². The van der Waals surface area contributed by atoms with E-state index < -0.39 is 24.3 Å². The fourth-order valence-corrected chi connectivity index (χ4v) is 5.14. The maximum absolute atomic E-state index is 14.0. The van der Waals surface area contributed by atoms with Crippen molar-refractivity contribution in [2.75, 3.05) is 0 Å². The quantitative estimate of drug-likeness (QED) is 0.257. The van der Waals surface area contributed by atoms with E-state index in [0.717, 1.165) is 26.7 Å². The Kier molecular flexibility index (Phi) is 8.72. The van der Waals surface area contributed by atoms with Crippen molar-refractivity contribution in [2.24, 2.45) is 0 Å². The van der Waals surface area contributed by atoms with Crippen LogP contribution in [0.2, 0.25) is 10.0 Å². The summed E-state index contributed by atoms with van der Waals surface area (Å²) in [5, 5.41) is 11.3. The lowest BCUT2D eigenvalue weighted by Gasteiger charge is -2.46. The van der Waals surface area contributed by atoms with E-state index in [1.54, 1.807) is 17.0 Å². The number of hydrogen-bond acceptors (Lipinski definition) is 3. The third kappa shape index (κ3) is 6.00. The van der Waals surface area contributed by atoms with E-state index in [1.165, 1.54) is 0 Å². The monoisotopic (exact) mass is 618 g/mol. The number of morpholine rings is 1. The molecule has 4 atom stereocenters. The van der Waals surface area contributed by atoms with Crippen molar-refractivity contribution in [1.82, 2.24) is 4.90 Å². The van der Waals surface area contributed by atoms with E-state index in [-0.39, 0.29) is 5.91 Å². The summed E-state index contributed by atoms with van der Waals surface area (Å²) in [4.78, 5) is 15.7. The van der Waals surface area contributed by atoms with Crippen molar-refractivity contribution in [3.63, 3.8) is 0 Å². The largest absolute Gasteiger partial charge is 0.358 e. The molecule has 1 fully saturated rings. The molecular formula is C28H25Cl2IN2O2. The lowest BCUT2D eigenvalue weighted by Crippen LogP contribution is -2.55. The minimum Gasteiger partial charge on any atom is -0.358 e. The highest BCUT2D eigenvalue weighted by atomic mass is 127. The van der Waals surface area contributed by atoms with Gasteiger partial charge in [0, 0.05) is 20.0 Å². The fourth-order valence-electron chi connectivity index (χ4n) is 4.52. The summed E-state index contributed by atoms with van der Waals surface area (Å²) in [6, 6.07) is 24.3. The summed E-state index contributed by atoms with van der Waals surface area (Å²) >= 11 is 14.6. The molecule has 1 aliphatic heterocycles. The SMILES string of the molecule is CCC[C@H](C#N)N1C(=O)[C@H](Cc2ccc(I)cc2)O[C@@H](c2ccc(Cl)cc2)[C@H]1c1ccc(Cl)cc1. The van der Waals surface area contributed by atoms with Gasteiger partial charge in [-0.25, -0.2) is 0 Å². The average molecular weight is 619 g/mol. The van der Waals surface area contributed by atoms with Gasteiger partial charge in [0.25, 0.3) is 5.91 Å². The average Bonchev–Trinajstić information content (AvgIpc) is 2.86. The van der Waals surface area contributed by atoms with Crippen LogP contribution in [0, 0.1) is 14.9 Å². The van der Waals surface area contributed by atoms with Crippen molar-refractivity contribution in [2.45, 2.75) is 50.5 Å². The van der Waals surface area contributed by atoms with E-state index in [0.29, 0.717) is 22.9 Å². The van der Waals surface area contributed by atoms with Gasteiger partial charge < -0.3 is 9.64 Å². The third-order valence-corrected chi connectivity index (χ3v) is 7.44. The number of carbonyl (C=O) groups excluding carboxylic acids is 1. The number of hydrogen-bond donors (Lipinski definition) is 0. The van der Waals surface area contributed by atoms with E-state index in [4.69, 9.17) is 27.9 Å². The molecule has 7 heteroatoms. The Balaban J connectivity index is 1.82. The van der Waals surface area contributed by atoms with Gasteiger partial charge in [-0.05, 0) is 82.1 Å². The maximum atomic E-state index is 14.0. The molecule has 1 heterocycles. The van der Waals surface area contributed by atoms with Crippen LogP contribution in [0.1, 0.15) is 48.6 Å². The maximum Gasteiger partial charge on any atom is 0.253 e. The molecule has 0 bridgehead atoms. The minimum absolute atomic E-state index is 0.172. The highest BCUT2D eigenvalue weighted by Gasteiger charge is 2.46. The van der Waals surface area contributed by atoms with E-state index >= 15 is 0 Å². The Morgan fingerprint density at radius 3 is 2.09 bits per heavy atom. The molecule has 0 N–H and O–H groups in total. The standard InChI is InChI=1S/C28H25Cl2IN2O2/c1-2-3-24(17-32)33-26(19-6-10-21(29)11-7-19)27(20-8-12-22(30)13-9-20)35-25(28(33)34)16-18-4-14-23(31)15-5-18/h4-15,24-27H,2-3,16H2,1H3/t24-,25+,26-,27+/m1/s1. The molecule has 1 saturated heterocycles. The van der Waals surface area contributed by atoms with Crippen molar-refractivity contribution in [3.8, 4) is 6.07 Å². The Morgan fingerprint density at radius 2 is 1.54 bits per heavy atom. The van der Waals surface area contributed by atoms with Gasteiger partial charge in [0.1, 0.15) is 18.2 Å². The zero-order valence-electron chi connectivity index (χ0n) is 19.2. The summed E-state index contributed by atoms with van der Waals surface area (Å²) in [7, 11) is 0. The predicted octanol–water partition coefficient (Wildman–Crippen LogP) is 7.54. The molecule has 0 spiro atoms. The van der Waals surface area contributed by atoms with Crippen LogP contribution < -0.4 is 0 Å². The van der Waals surface area contributed by atoms with Gasteiger partial charge in [-0.15, -0.1) is 0 Å². The lowest BCUT2D eigenvalue weighted by molar-refractivity contribution is -0.177. The highest BCUT2D eigenvalue weighted by Crippen LogP contribution is 2.44. The Morgan fingerprint density at radius 1 is 0.971 bits per heavy atom. The van der Waals surface area contributed by atoms with Crippen LogP contribution in [0.15, 0.2) is 72.8 Å². The molecule has 4 nitrogen and oxygen atoms in total. The molecule has 0 aromatic heterocycles. The van der Waals surface area contributed by atoms with Crippen molar-refractivity contribution in [3.05, 3.63) is 103 Å². The van der Waals surface area contributed by atoms with Gasteiger partial charge >= 0.3 is 0 Å². The molecule has 0 unspecified atom stereocenters. The second-order valence-electron chi connectivity index (χ2n) is 8.60. The van der Waals surface area contributed by atoms with Gasteiger partial charge in [0.15, 0.2) is 0 Å². The number of ether oxygens (including phenoxy) is 1. The number of amides is 1. The number of halogens is 3. The topological polar surface area (TPSA) is 53.3 Å². The van der Waals surface area contributed by atoms with Crippen molar-refractivity contribution < 1.29 is 9.53 Å². The lowest BCUT2D eigenvalue weighted by atomic mass is 9.89. The van der Waals surface area contributed by atoms with Crippen LogP contribution in [0.5, 0.6) is 0 Å². The first-order valence-electron chi connectivity index (χ1n) is 11.5. The third-order valence-electron chi connectivity index (χ3n) is 6.22. The molecule has 35 heavy (non-hydrogen) atoms. The first-order valence-corrected chi connectivity index (χ1v) is 13.4. The molecule has 0 radical (unpaired) electrons. The Bertz CT molecular complexity index is 1190. The summed E-state index contributed by atoms with van der Waals surface area (Å²) in [6.45, 7) is 2.02. The Labute approximate surface area is 229 Å². The molecule has 180 valence electrons. The number of nitrogens with zero attached hydrogens (tertiary/aromatic N) is 2. The second-order valence-corrected chi connectivity index (χ2v) is 10.7. The van der Waals surface area contributed by atoms with E-state index in [2.05, 4.69) is 28.7 Å². The summed E-state index contributed by atoms with van der Waals surface area (Å²) in [6.07, 6.45) is 0.590. The smallest absolute Gasteiger partial charge is 0.253 e. The molecular weight excluding hydrogens is 594 g/mol. The zero-order valence-corrected chi connectivity index (χ0v) is 22.9. The molecule has 1 amide bonds. The van der Waals surface area contributed by atoms with Crippen LogP contribution >= 0.6 is 45.8 Å². The van der Waals surface area contributed by atoms with Gasteiger partial charge in [-0.2, -0.15) is 5.26 Å². The normalized spacial score (nSPS) is 20.9. The number of benzene rings is 3. The van der Waals surface area contributed by atoms with Crippen LogP contribution in [-0.4, -0.2) is 23.0 Å². The summed E-state index contributed by atoms with van der Waals surface area (Å²) in [5.74, 6) is -0.172. The van der Waals surface area contributed by atoms with E-state index in [1.807, 2.05) is 67.6 Å². The number of nitriles is 1. The zero-order chi connectivity index (χ0) is 24.9. The summed E-state index contributed by atoms with van der Waals surface area (Å²) in [5.41, 5.74) is 2.77. The predicted molar refractivity (Wildman–Crippen MR) is 147 cm³/mol. The van der Waals surface area contributed by atoms with Gasteiger partial charge in [-0.3, -0.25) is 4.79 Å². The molecule has 3 aromatic rings. The minimum atomic E-state index is -0.716. The van der Waals surface area contributed by atoms with E-state index in [9.17, 15) is 10.1 Å². The van der Waals surface area contributed by atoms with Crippen LogP contribution in [0.25, 0.3) is 0 Å². The van der Waals surface area contributed by atoms with Crippen LogP contribution in [0.3, 0.4) is 0 Å². The highest BCUT2D eigenvalue weighted by molar-refractivity contribution is 14.1. The number of rotatable bonds is 7. The van der Waals surface area contributed by atoms with Crippen LogP contribution in [0.4, 0.5) is 0 Å². The molecule has 1 aliphatic rings.